The lowest BCUT2D eigenvalue weighted by Gasteiger charge is -2.26. The summed E-state index contributed by atoms with van der Waals surface area (Å²) in [6, 6.07) is 10.9. The maximum Gasteiger partial charge on any atom is 0.326 e. The lowest BCUT2D eigenvalue weighted by Crippen LogP contribution is -2.58. The number of nitrogens with one attached hydrogen (secondary N) is 5. The van der Waals surface area contributed by atoms with Gasteiger partial charge in [-0.05, 0) is 36.1 Å². The normalized spacial score (nSPS) is 14.4. The average molecular weight is 561 g/mol. The van der Waals surface area contributed by atoms with Crippen LogP contribution in [0.15, 0.2) is 60.9 Å². The molecule has 2 aromatic carbocycles. The highest BCUT2D eigenvalue weighted by molar-refractivity contribution is 5.95. The van der Waals surface area contributed by atoms with Crippen molar-refractivity contribution < 1.29 is 24.3 Å². The minimum Gasteiger partial charge on any atom is -0.480 e. The van der Waals surface area contributed by atoms with E-state index in [1.54, 1.807) is 26.2 Å². The number of aromatic amines is 2. The highest BCUT2D eigenvalue weighted by atomic mass is 16.4. The first kappa shape index (κ1) is 29.3. The molecule has 11 nitrogen and oxygen atoms in total. The number of nitrogens with two attached hydrogens (primary N) is 1. The van der Waals surface area contributed by atoms with Crippen molar-refractivity contribution in [2.45, 2.75) is 57.8 Å². The van der Waals surface area contributed by atoms with E-state index in [9.17, 15) is 24.3 Å². The van der Waals surface area contributed by atoms with E-state index in [0.717, 1.165) is 32.9 Å². The molecule has 3 amide bonds. The summed E-state index contributed by atoms with van der Waals surface area (Å²) in [6.45, 7) is 5.04. The van der Waals surface area contributed by atoms with Gasteiger partial charge in [0.2, 0.25) is 17.7 Å². The van der Waals surface area contributed by atoms with Crippen molar-refractivity contribution in [2.24, 2.45) is 11.7 Å². The number of carbonyl (C=O) groups is 4. The van der Waals surface area contributed by atoms with Gasteiger partial charge in [-0.15, -0.1) is 0 Å². The predicted octanol–water partition coefficient (Wildman–Crippen LogP) is 1.98. The van der Waals surface area contributed by atoms with Crippen molar-refractivity contribution in [3.63, 3.8) is 0 Å². The SMILES string of the molecule is CC(N)C(=O)NC(C(=O)NC(Cc1c[nH]c2ccccc12)C(=O)NC(Cc1c[nH]c2ccccc12)C(=O)O)C(C)C. The molecule has 2 heterocycles. The molecule has 0 radical (unpaired) electrons. The predicted molar refractivity (Wildman–Crippen MR) is 156 cm³/mol. The number of hydrogen-bond donors (Lipinski definition) is 7. The zero-order chi connectivity index (χ0) is 29.7. The van der Waals surface area contributed by atoms with Crippen molar-refractivity contribution in [1.82, 2.24) is 25.9 Å². The second-order valence-corrected chi connectivity index (χ2v) is 10.6. The number of rotatable bonds is 12. The summed E-state index contributed by atoms with van der Waals surface area (Å²) in [4.78, 5) is 57.9. The van der Waals surface area contributed by atoms with E-state index in [0.29, 0.717) is 0 Å². The molecule has 0 bridgehead atoms. The van der Waals surface area contributed by atoms with Crippen LogP contribution in [0.2, 0.25) is 0 Å². The number of carboxylic acid groups (broad SMARTS) is 1. The maximum atomic E-state index is 13.7. The zero-order valence-corrected chi connectivity index (χ0v) is 23.2. The number of aliphatic carboxylic acids is 1. The molecule has 4 aromatic rings. The maximum absolute atomic E-state index is 13.7. The number of benzene rings is 2. The van der Waals surface area contributed by atoms with Crippen LogP contribution >= 0.6 is 0 Å². The first-order chi connectivity index (χ1) is 19.5. The van der Waals surface area contributed by atoms with Crippen molar-refractivity contribution in [1.29, 1.82) is 0 Å². The topological polar surface area (TPSA) is 182 Å². The Hall–Kier alpha value is -4.64. The third-order valence-electron chi connectivity index (χ3n) is 7.11. The number of fused-ring (bicyclic) bond motifs is 2. The minimum absolute atomic E-state index is 0.0396. The lowest BCUT2D eigenvalue weighted by atomic mass is 9.99. The van der Waals surface area contributed by atoms with Gasteiger partial charge in [0.25, 0.3) is 0 Å². The van der Waals surface area contributed by atoms with Gasteiger partial charge in [-0.25, -0.2) is 4.79 Å². The Morgan fingerprint density at radius 2 is 1.22 bits per heavy atom. The number of hydrogen-bond acceptors (Lipinski definition) is 5. The summed E-state index contributed by atoms with van der Waals surface area (Å²) in [5.41, 5.74) is 8.91. The Labute approximate surface area is 237 Å². The lowest BCUT2D eigenvalue weighted by molar-refractivity contribution is -0.142. The van der Waals surface area contributed by atoms with E-state index in [1.807, 2.05) is 48.5 Å². The highest BCUT2D eigenvalue weighted by Gasteiger charge is 2.32. The van der Waals surface area contributed by atoms with Gasteiger partial charge < -0.3 is 36.8 Å². The molecule has 0 fully saturated rings. The van der Waals surface area contributed by atoms with E-state index in [2.05, 4.69) is 25.9 Å². The van der Waals surface area contributed by atoms with Crippen molar-refractivity contribution >= 4 is 45.5 Å². The smallest absolute Gasteiger partial charge is 0.326 e. The quantitative estimate of drug-likeness (QED) is 0.139. The standard InChI is InChI=1S/C30H36N6O5/c1-16(2)26(36-27(37)17(3)31)29(39)34-24(12-18-14-32-22-10-6-4-8-20(18)22)28(38)35-25(30(40)41)13-19-15-33-23-11-7-5-9-21(19)23/h4-11,14-17,24-26,32-33H,12-13,31H2,1-3H3,(H,34,39)(H,35,38)(H,36,37)(H,40,41). The number of para-hydroxylation sites is 2. The number of carbonyl (C=O) groups excluding carboxylic acids is 3. The molecule has 4 unspecified atom stereocenters. The Morgan fingerprint density at radius 3 is 1.71 bits per heavy atom. The van der Waals surface area contributed by atoms with Crippen LogP contribution in [0.4, 0.5) is 0 Å². The average Bonchev–Trinajstić information content (AvgIpc) is 3.54. The largest absolute Gasteiger partial charge is 0.480 e. The molecule has 4 rings (SSSR count). The molecule has 0 aliphatic carbocycles. The monoisotopic (exact) mass is 560 g/mol. The Kier molecular flexibility index (Phi) is 9.08. The Morgan fingerprint density at radius 1 is 0.732 bits per heavy atom. The van der Waals surface area contributed by atoms with E-state index < -0.39 is 47.9 Å². The first-order valence-corrected chi connectivity index (χ1v) is 13.5. The van der Waals surface area contributed by atoms with Crippen LogP contribution in [0.5, 0.6) is 0 Å². The van der Waals surface area contributed by atoms with Gasteiger partial charge in [0.05, 0.1) is 6.04 Å². The first-order valence-electron chi connectivity index (χ1n) is 13.5. The van der Waals surface area contributed by atoms with Gasteiger partial charge in [0, 0.05) is 47.0 Å². The third-order valence-corrected chi connectivity index (χ3v) is 7.11. The number of amides is 3. The van der Waals surface area contributed by atoms with Crippen LogP contribution in [0.3, 0.4) is 0 Å². The van der Waals surface area contributed by atoms with Crippen molar-refractivity contribution in [2.75, 3.05) is 0 Å². The summed E-state index contributed by atoms with van der Waals surface area (Å²) in [5.74, 6) is -3.23. The highest BCUT2D eigenvalue weighted by Crippen LogP contribution is 2.21. The molecule has 216 valence electrons. The van der Waals surface area contributed by atoms with E-state index in [1.165, 1.54) is 6.92 Å². The van der Waals surface area contributed by atoms with Gasteiger partial charge in [-0.3, -0.25) is 14.4 Å². The van der Waals surface area contributed by atoms with Gasteiger partial charge in [0.15, 0.2) is 0 Å². The van der Waals surface area contributed by atoms with Crippen molar-refractivity contribution in [3.05, 3.63) is 72.1 Å². The van der Waals surface area contributed by atoms with Gasteiger partial charge >= 0.3 is 5.97 Å². The van der Waals surface area contributed by atoms with E-state index in [-0.39, 0.29) is 18.8 Å². The van der Waals surface area contributed by atoms with Crippen LogP contribution in [-0.2, 0) is 32.0 Å². The summed E-state index contributed by atoms with van der Waals surface area (Å²) >= 11 is 0. The molecule has 0 spiro atoms. The Bertz CT molecular complexity index is 1560. The molecule has 2 aromatic heterocycles. The van der Waals surface area contributed by atoms with E-state index in [4.69, 9.17) is 5.73 Å². The molecule has 8 N–H and O–H groups in total. The minimum atomic E-state index is -1.25. The molecule has 11 heteroatoms. The van der Waals surface area contributed by atoms with Gasteiger partial charge in [-0.1, -0.05) is 50.2 Å². The fraction of sp³-hybridized carbons (Fsp3) is 0.333. The summed E-state index contributed by atoms with van der Waals surface area (Å²) in [7, 11) is 0. The summed E-state index contributed by atoms with van der Waals surface area (Å²) in [5, 5.41) is 19.8. The van der Waals surface area contributed by atoms with Gasteiger partial charge in [0.1, 0.15) is 18.1 Å². The van der Waals surface area contributed by atoms with E-state index >= 15 is 0 Å². The number of H-pyrrole nitrogens is 2. The molecule has 0 saturated heterocycles. The molecular formula is C30H36N6O5. The van der Waals surface area contributed by atoms with Crippen LogP contribution in [0, 0.1) is 5.92 Å². The second kappa shape index (κ2) is 12.7. The fourth-order valence-corrected chi connectivity index (χ4v) is 4.80. The fourth-order valence-electron chi connectivity index (χ4n) is 4.80. The van der Waals surface area contributed by atoms with Crippen LogP contribution in [0.25, 0.3) is 21.8 Å². The van der Waals surface area contributed by atoms with Crippen LogP contribution in [-0.4, -0.2) is 62.9 Å². The van der Waals surface area contributed by atoms with Crippen molar-refractivity contribution in [3.8, 4) is 0 Å². The molecular weight excluding hydrogens is 524 g/mol. The third kappa shape index (κ3) is 6.93. The Balaban J connectivity index is 1.59. The number of aromatic nitrogens is 2. The summed E-state index contributed by atoms with van der Waals surface area (Å²) < 4.78 is 0. The molecule has 4 atom stereocenters. The summed E-state index contributed by atoms with van der Waals surface area (Å²) in [6.07, 6.45) is 3.62. The molecule has 0 saturated carbocycles. The zero-order valence-electron chi connectivity index (χ0n) is 23.2. The van der Waals surface area contributed by atoms with Crippen LogP contribution in [0.1, 0.15) is 31.9 Å². The number of carboxylic acids is 1. The molecule has 41 heavy (non-hydrogen) atoms. The second-order valence-electron chi connectivity index (χ2n) is 10.6. The van der Waals surface area contributed by atoms with Gasteiger partial charge in [-0.2, -0.15) is 0 Å². The molecule has 0 aliphatic heterocycles. The van der Waals surface area contributed by atoms with Crippen LogP contribution < -0.4 is 21.7 Å². The molecule has 0 aliphatic rings.